The van der Waals surface area contributed by atoms with Gasteiger partial charge >= 0.3 is 0 Å². The van der Waals surface area contributed by atoms with Crippen molar-refractivity contribution in [2.45, 2.75) is 6.04 Å². The number of likely N-dealkylation sites (N-methyl/N-ethyl adjacent to an activating group) is 1. The van der Waals surface area contributed by atoms with Crippen LogP contribution in [-0.4, -0.2) is 31.4 Å². The third-order valence-electron chi connectivity index (χ3n) is 3.44. The molecule has 0 aliphatic rings. The number of carbonyl (C=O) groups is 1. The highest BCUT2D eigenvalue weighted by Gasteiger charge is 2.16. The van der Waals surface area contributed by atoms with Gasteiger partial charge in [0, 0.05) is 11.6 Å². The molecule has 0 aromatic heterocycles. The number of rotatable bonds is 5. The average molecular weight is 337 g/mol. The van der Waals surface area contributed by atoms with Gasteiger partial charge in [-0.25, -0.2) is 0 Å². The van der Waals surface area contributed by atoms with Crippen LogP contribution in [0.2, 0.25) is 10.0 Å². The summed E-state index contributed by atoms with van der Waals surface area (Å²) in [6.45, 7) is 0.495. The molecule has 0 aliphatic carbocycles. The minimum Gasteiger partial charge on any atom is -0.350 e. The minimum atomic E-state index is -0.204. The fourth-order valence-corrected chi connectivity index (χ4v) is 2.73. The van der Waals surface area contributed by atoms with Gasteiger partial charge in [-0.1, -0.05) is 53.5 Å². The molecule has 0 heterocycles. The van der Waals surface area contributed by atoms with E-state index in [1.165, 1.54) is 0 Å². The second kappa shape index (κ2) is 7.63. The molecule has 0 spiro atoms. The molecule has 0 saturated carbocycles. The predicted molar refractivity (Wildman–Crippen MR) is 91.7 cm³/mol. The molecule has 1 atom stereocenters. The summed E-state index contributed by atoms with van der Waals surface area (Å²) in [5.74, 6) is -0.204. The average Bonchev–Trinajstić information content (AvgIpc) is 2.48. The first-order chi connectivity index (χ1) is 10.5. The fourth-order valence-electron chi connectivity index (χ4n) is 2.23. The molecule has 0 aliphatic heterocycles. The van der Waals surface area contributed by atoms with Gasteiger partial charge in [-0.2, -0.15) is 0 Å². The van der Waals surface area contributed by atoms with Gasteiger partial charge in [0.25, 0.3) is 5.91 Å². The first-order valence-electron chi connectivity index (χ1n) is 6.93. The molecule has 22 heavy (non-hydrogen) atoms. The second-order valence-corrected chi connectivity index (χ2v) is 6.07. The Morgan fingerprint density at radius 3 is 2.41 bits per heavy atom. The Kier molecular flexibility index (Phi) is 5.83. The van der Waals surface area contributed by atoms with E-state index < -0.39 is 0 Å². The Hall–Kier alpha value is -1.55. The van der Waals surface area contributed by atoms with Crippen molar-refractivity contribution in [2.24, 2.45) is 0 Å². The third kappa shape index (κ3) is 4.23. The maximum absolute atomic E-state index is 12.3. The van der Waals surface area contributed by atoms with Crippen LogP contribution in [0.3, 0.4) is 0 Å². The minimum absolute atomic E-state index is 0.0937. The molecule has 1 N–H and O–H groups in total. The third-order valence-corrected chi connectivity index (χ3v) is 3.99. The quantitative estimate of drug-likeness (QED) is 0.894. The number of nitrogens with one attached hydrogen (secondary N) is 1. The lowest BCUT2D eigenvalue weighted by Gasteiger charge is -2.25. The summed E-state index contributed by atoms with van der Waals surface area (Å²) in [5.41, 5.74) is 1.58. The largest absolute Gasteiger partial charge is 0.350 e. The molecule has 0 saturated heterocycles. The molecule has 0 bridgehead atoms. The molecule has 0 unspecified atom stereocenters. The van der Waals surface area contributed by atoms with E-state index in [1.807, 2.05) is 44.4 Å². The van der Waals surface area contributed by atoms with Crippen LogP contribution in [-0.2, 0) is 0 Å². The highest BCUT2D eigenvalue weighted by Crippen LogP contribution is 2.21. The van der Waals surface area contributed by atoms with Crippen LogP contribution >= 0.6 is 23.2 Å². The Morgan fingerprint density at radius 2 is 1.82 bits per heavy atom. The summed E-state index contributed by atoms with van der Waals surface area (Å²) in [5, 5.41) is 3.80. The van der Waals surface area contributed by atoms with Crippen LogP contribution in [0.25, 0.3) is 0 Å². The van der Waals surface area contributed by atoms with Crippen molar-refractivity contribution in [1.82, 2.24) is 10.2 Å². The maximum Gasteiger partial charge on any atom is 0.252 e. The molecule has 2 aromatic rings. The smallest absolute Gasteiger partial charge is 0.252 e. The van der Waals surface area contributed by atoms with Crippen molar-refractivity contribution >= 4 is 29.1 Å². The molecule has 0 fully saturated rings. The lowest BCUT2D eigenvalue weighted by Crippen LogP contribution is -2.34. The number of halogens is 2. The number of amides is 1. The molecule has 2 rings (SSSR count). The molecule has 3 nitrogen and oxygen atoms in total. The lowest BCUT2D eigenvalue weighted by atomic mass is 10.1. The van der Waals surface area contributed by atoms with Gasteiger partial charge in [-0.15, -0.1) is 0 Å². The number of nitrogens with zero attached hydrogens (tertiary/aromatic N) is 1. The monoisotopic (exact) mass is 336 g/mol. The summed E-state index contributed by atoms with van der Waals surface area (Å²) in [7, 11) is 3.97. The highest BCUT2D eigenvalue weighted by atomic mass is 35.5. The molecule has 1 amide bonds. The fraction of sp³-hybridized carbons (Fsp3) is 0.235. The molecule has 5 heteroatoms. The van der Waals surface area contributed by atoms with Gasteiger partial charge in [-0.05, 0) is 37.9 Å². The topological polar surface area (TPSA) is 32.3 Å². The SMILES string of the molecule is CN(C)[C@@H](CNC(=O)c1ccc(Cl)cc1Cl)c1ccccc1. The van der Waals surface area contributed by atoms with E-state index in [9.17, 15) is 4.79 Å². The number of hydrogen-bond donors (Lipinski definition) is 1. The van der Waals surface area contributed by atoms with E-state index >= 15 is 0 Å². The zero-order valence-electron chi connectivity index (χ0n) is 12.5. The normalized spacial score (nSPS) is 12.2. The van der Waals surface area contributed by atoms with Gasteiger partial charge in [0.15, 0.2) is 0 Å². The van der Waals surface area contributed by atoms with Crippen molar-refractivity contribution < 1.29 is 4.79 Å². The van der Waals surface area contributed by atoms with Crippen LogP contribution < -0.4 is 5.32 Å². The van der Waals surface area contributed by atoms with Crippen molar-refractivity contribution in [3.05, 3.63) is 69.7 Å². The number of benzene rings is 2. The molecular weight excluding hydrogens is 319 g/mol. The number of hydrogen-bond acceptors (Lipinski definition) is 2. The van der Waals surface area contributed by atoms with Gasteiger partial charge in [0.1, 0.15) is 0 Å². The van der Waals surface area contributed by atoms with Crippen LogP contribution in [0.4, 0.5) is 0 Å². The van der Waals surface area contributed by atoms with E-state index in [0.29, 0.717) is 22.2 Å². The van der Waals surface area contributed by atoms with Crippen LogP contribution in [0, 0.1) is 0 Å². The van der Waals surface area contributed by atoms with Crippen molar-refractivity contribution in [3.8, 4) is 0 Å². The first kappa shape index (κ1) is 16.8. The van der Waals surface area contributed by atoms with Gasteiger partial charge in [0.2, 0.25) is 0 Å². The van der Waals surface area contributed by atoms with Gasteiger partial charge in [-0.3, -0.25) is 4.79 Å². The van der Waals surface area contributed by atoms with Crippen LogP contribution in [0.1, 0.15) is 22.0 Å². The van der Waals surface area contributed by atoms with Crippen molar-refractivity contribution in [1.29, 1.82) is 0 Å². The van der Waals surface area contributed by atoms with Crippen LogP contribution in [0.15, 0.2) is 48.5 Å². The van der Waals surface area contributed by atoms with Crippen LogP contribution in [0.5, 0.6) is 0 Å². The predicted octanol–water partition coefficient (Wildman–Crippen LogP) is 4.03. The summed E-state index contributed by atoms with van der Waals surface area (Å²) in [4.78, 5) is 14.3. The van der Waals surface area contributed by atoms with E-state index in [-0.39, 0.29) is 11.9 Å². The summed E-state index contributed by atoms with van der Waals surface area (Å²) < 4.78 is 0. The Bertz CT molecular complexity index is 644. The molecule has 2 aromatic carbocycles. The van der Waals surface area contributed by atoms with Gasteiger partial charge in [0.05, 0.1) is 16.6 Å². The van der Waals surface area contributed by atoms with E-state index in [0.717, 1.165) is 5.56 Å². The van der Waals surface area contributed by atoms with Crippen molar-refractivity contribution in [2.75, 3.05) is 20.6 Å². The number of carbonyl (C=O) groups excluding carboxylic acids is 1. The Labute approximate surface area is 140 Å². The Balaban J connectivity index is 2.08. The maximum atomic E-state index is 12.3. The zero-order valence-corrected chi connectivity index (χ0v) is 14.0. The Morgan fingerprint density at radius 1 is 1.14 bits per heavy atom. The second-order valence-electron chi connectivity index (χ2n) is 5.22. The van der Waals surface area contributed by atoms with Crippen molar-refractivity contribution in [3.63, 3.8) is 0 Å². The van der Waals surface area contributed by atoms with Gasteiger partial charge < -0.3 is 10.2 Å². The van der Waals surface area contributed by atoms with E-state index in [2.05, 4.69) is 10.2 Å². The first-order valence-corrected chi connectivity index (χ1v) is 7.69. The lowest BCUT2D eigenvalue weighted by molar-refractivity contribution is 0.0942. The van der Waals surface area contributed by atoms with E-state index in [4.69, 9.17) is 23.2 Å². The molecule has 0 radical (unpaired) electrons. The standard InChI is InChI=1S/C17H18Cl2N2O/c1-21(2)16(12-6-4-3-5-7-12)11-20-17(22)14-9-8-13(18)10-15(14)19/h3-10,16H,11H2,1-2H3,(H,20,22)/t16-/m0/s1. The summed E-state index contributed by atoms with van der Waals surface area (Å²) >= 11 is 11.9. The van der Waals surface area contributed by atoms with E-state index in [1.54, 1.807) is 18.2 Å². The highest BCUT2D eigenvalue weighted by molar-refractivity contribution is 6.36. The summed E-state index contributed by atoms with van der Waals surface area (Å²) in [6.07, 6.45) is 0. The zero-order chi connectivity index (χ0) is 16.1. The molecule has 116 valence electrons. The summed E-state index contributed by atoms with van der Waals surface area (Å²) in [6, 6.07) is 15.0. The molecular formula is C17H18Cl2N2O.